The van der Waals surface area contributed by atoms with Crippen LogP contribution in [0.15, 0.2) is 12.2 Å². The van der Waals surface area contributed by atoms with Gasteiger partial charge < -0.3 is 5.32 Å². The predicted octanol–water partition coefficient (Wildman–Crippen LogP) is 4.78. The minimum absolute atomic E-state index is 0.876. The van der Waals surface area contributed by atoms with Crippen molar-refractivity contribution in [3.05, 3.63) is 12.2 Å². The smallest absolute Gasteiger partial charge is 0.0104 e. The van der Waals surface area contributed by atoms with Crippen LogP contribution < -0.4 is 5.32 Å². The third-order valence-corrected chi connectivity index (χ3v) is 9.28. The van der Waals surface area contributed by atoms with Gasteiger partial charge >= 0.3 is 0 Å². The summed E-state index contributed by atoms with van der Waals surface area (Å²) in [5.41, 5.74) is 0. The Balaban J connectivity index is 1.40. The lowest BCUT2D eigenvalue weighted by Gasteiger charge is -2.47. The molecule has 0 spiro atoms. The molecular formula is C22H33N. The van der Waals surface area contributed by atoms with Crippen LogP contribution >= 0.6 is 0 Å². The summed E-state index contributed by atoms with van der Waals surface area (Å²) in [7, 11) is 0. The zero-order chi connectivity index (χ0) is 15.0. The van der Waals surface area contributed by atoms with Crippen molar-refractivity contribution in [2.24, 2.45) is 47.3 Å². The van der Waals surface area contributed by atoms with Gasteiger partial charge in [0.05, 0.1) is 0 Å². The van der Waals surface area contributed by atoms with Crippen LogP contribution in [0.5, 0.6) is 0 Å². The predicted molar refractivity (Wildman–Crippen MR) is 93.9 cm³/mol. The van der Waals surface area contributed by atoms with Gasteiger partial charge in [-0.3, -0.25) is 0 Å². The van der Waals surface area contributed by atoms with Crippen LogP contribution in [-0.4, -0.2) is 12.1 Å². The molecule has 1 heteroatoms. The summed E-state index contributed by atoms with van der Waals surface area (Å²) in [6, 6.07) is 1.77. The Labute approximate surface area is 141 Å². The first-order valence-electron chi connectivity index (χ1n) is 10.8. The summed E-state index contributed by atoms with van der Waals surface area (Å²) in [6.45, 7) is 0. The fraction of sp³-hybridized carbons (Fsp3) is 0.909. The molecule has 4 saturated carbocycles. The summed E-state index contributed by atoms with van der Waals surface area (Å²) in [5.74, 6) is 8.35. The summed E-state index contributed by atoms with van der Waals surface area (Å²) < 4.78 is 0. The molecule has 1 N–H and O–H groups in total. The van der Waals surface area contributed by atoms with Crippen molar-refractivity contribution < 1.29 is 0 Å². The summed E-state index contributed by atoms with van der Waals surface area (Å²) >= 11 is 0. The standard InChI is InChI=1S/C22H33N/c1-2-7-18-16(5-1)22-17-6-3-4-14-12-15-9-8-13(20(15)21(14)17)10-11-19(22)23-18/h8-9,13-23H,1-7,10-12H2. The maximum Gasteiger partial charge on any atom is 0.0104 e. The van der Waals surface area contributed by atoms with Gasteiger partial charge in [-0.1, -0.05) is 37.8 Å². The molecule has 0 amide bonds. The van der Waals surface area contributed by atoms with E-state index in [4.69, 9.17) is 0 Å². The molecule has 0 aromatic heterocycles. The molecule has 10 atom stereocenters. The Morgan fingerprint density at radius 2 is 1.48 bits per heavy atom. The van der Waals surface area contributed by atoms with Gasteiger partial charge in [0.15, 0.2) is 0 Å². The number of fused-ring (bicyclic) bond motifs is 4. The molecule has 1 nitrogen and oxygen atoms in total. The van der Waals surface area contributed by atoms with E-state index in [1.807, 2.05) is 0 Å². The van der Waals surface area contributed by atoms with Crippen molar-refractivity contribution in [1.29, 1.82) is 0 Å². The van der Waals surface area contributed by atoms with E-state index in [2.05, 4.69) is 17.5 Å². The normalized spacial score (nSPS) is 59.8. The fourth-order valence-electron chi connectivity index (χ4n) is 8.75. The monoisotopic (exact) mass is 311 g/mol. The van der Waals surface area contributed by atoms with E-state index in [0.29, 0.717) is 0 Å². The molecule has 0 aromatic carbocycles. The summed E-state index contributed by atoms with van der Waals surface area (Å²) in [5, 5.41) is 4.18. The summed E-state index contributed by atoms with van der Waals surface area (Å²) in [4.78, 5) is 0. The Bertz CT molecular complexity index is 510. The van der Waals surface area contributed by atoms with E-state index < -0.39 is 0 Å². The zero-order valence-electron chi connectivity index (χ0n) is 14.5. The number of rotatable bonds is 0. The molecular weight excluding hydrogens is 278 g/mol. The van der Waals surface area contributed by atoms with Gasteiger partial charge in [-0.15, -0.1) is 0 Å². The molecule has 5 aliphatic carbocycles. The van der Waals surface area contributed by atoms with Crippen molar-refractivity contribution in [3.63, 3.8) is 0 Å². The van der Waals surface area contributed by atoms with Gasteiger partial charge in [0.1, 0.15) is 0 Å². The maximum atomic E-state index is 4.18. The molecule has 23 heavy (non-hydrogen) atoms. The SMILES string of the molecule is C1=CC2CC3CCCC4C5C(CCC1C2C34)NC1CCCCC15. The molecule has 5 fully saturated rings. The second-order valence-corrected chi connectivity index (χ2v) is 9.94. The van der Waals surface area contributed by atoms with E-state index >= 15 is 0 Å². The molecule has 0 bridgehead atoms. The van der Waals surface area contributed by atoms with Crippen LogP contribution in [0.2, 0.25) is 0 Å². The summed E-state index contributed by atoms with van der Waals surface area (Å²) in [6.07, 6.45) is 20.5. The Morgan fingerprint density at radius 1 is 0.609 bits per heavy atom. The molecule has 1 aliphatic heterocycles. The minimum atomic E-state index is 0.876. The molecule has 10 unspecified atom stereocenters. The minimum Gasteiger partial charge on any atom is -0.311 e. The van der Waals surface area contributed by atoms with E-state index in [1.165, 1.54) is 32.1 Å². The van der Waals surface area contributed by atoms with Crippen molar-refractivity contribution in [1.82, 2.24) is 5.32 Å². The topological polar surface area (TPSA) is 12.0 Å². The van der Waals surface area contributed by atoms with Crippen molar-refractivity contribution in [3.8, 4) is 0 Å². The molecule has 0 radical (unpaired) electrons. The number of nitrogens with one attached hydrogen (secondary N) is 1. The lowest BCUT2D eigenvalue weighted by atomic mass is 9.57. The second-order valence-electron chi connectivity index (χ2n) is 9.94. The molecule has 0 aromatic rings. The van der Waals surface area contributed by atoms with Crippen LogP contribution in [0.1, 0.15) is 64.2 Å². The maximum absolute atomic E-state index is 4.18. The van der Waals surface area contributed by atoms with Gasteiger partial charge in [-0.2, -0.15) is 0 Å². The van der Waals surface area contributed by atoms with Crippen LogP contribution in [-0.2, 0) is 0 Å². The molecule has 6 rings (SSSR count). The van der Waals surface area contributed by atoms with Crippen molar-refractivity contribution in [2.45, 2.75) is 76.3 Å². The third-order valence-electron chi connectivity index (χ3n) is 9.28. The van der Waals surface area contributed by atoms with Crippen molar-refractivity contribution >= 4 is 0 Å². The average Bonchev–Trinajstić information content (AvgIpc) is 3.21. The molecule has 1 saturated heterocycles. The Kier molecular flexibility index (Phi) is 3.09. The van der Waals surface area contributed by atoms with Crippen LogP contribution in [0, 0.1) is 47.3 Å². The highest BCUT2D eigenvalue weighted by molar-refractivity contribution is 5.17. The Morgan fingerprint density at radius 3 is 2.48 bits per heavy atom. The largest absolute Gasteiger partial charge is 0.311 e. The highest BCUT2D eigenvalue weighted by Crippen LogP contribution is 2.62. The van der Waals surface area contributed by atoms with Crippen LogP contribution in [0.3, 0.4) is 0 Å². The van der Waals surface area contributed by atoms with Gasteiger partial charge in [0, 0.05) is 12.1 Å². The van der Waals surface area contributed by atoms with E-state index in [9.17, 15) is 0 Å². The van der Waals surface area contributed by atoms with Crippen LogP contribution in [0.4, 0.5) is 0 Å². The van der Waals surface area contributed by atoms with Crippen LogP contribution in [0.25, 0.3) is 0 Å². The van der Waals surface area contributed by atoms with E-state index in [0.717, 1.165) is 59.4 Å². The highest BCUT2D eigenvalue weighted by atomic mass is 15.0. The van der Waals surface area contributed by atoms with E-state index in [-0.39, 0.29) is 0 Å². The average molecular weight is 312 g/mol. The number of hydrogen-bond donors (Lipinski definition) is 1. The van der Waals surface area contributed by atoms with E-state index in [1.54, 1.807) is 32.1 Å². The van der Waals surface area contributed by atoms with Gasteiger partial charge in [0.2, 0.25) is 0 Å². The quantitative estimate of drug-likeness (QED) is 0.635. The van der Waals surface area contributed by atoms with Gasteiger partial charge in [-0.25, -0.2) is 0 Å². The highest BCUT2D eigenvalue weighted by Gasteiger charge is 2.58. The van der Waals surface area contributed by atoms with Gasteiger partial charge in [-0.05, 0) is 85.9 Å². The zero-order valence-corrected chi connectivity index (χ0v) is 14.5. The van der Waals surface area contributed by atoms with Crippen molar-refractivity contribution in [2.75, 3.05) is 0 Å². The molecule has 1 heterocycles. The first kappa shape index (κ1) is 13.9. The molecule has 126 valence electrons. The lowest BCUT2D eigenvalue weighted by Crippen LogP contribution is -2.44. The number of hydrogen-bond acceptors (Lipinski definition) is 1. The fourth-order valence-corrected chi connectivity index (χ4v) is 8.75. The van der Waals surface area contributed by atoms with Gasteiger partial charge in [0.25, 0.3) is 0 Å². The third kappa shape index (κ3) is 1.89. The number of allylic oxidation sites excluding steroid dienone is 2. The Hall–Kier alpha value is -0.300. The first-order chi connectivity index (χ1) is 11.4. The first-order valence-corrected chi connectivity index (χ1v) is 10.8. The molecule has 6 aliphatic rings. The lowest BCUT2D eigenvalue weighted by molar-refractivity contribution is 0.0290. The second kappa shape index (κ2) is 5.10.